The van der Waals surface area contributed by atoms with Gasteiger partial charge in [-0.05, 0) is 97.8 Å². The molecule has 0 saturated carbocycles. The van der Waals surface area contributed by atoms with Crippen LogP contribution in [0.3, 0.4) is 0 Å². The van der Waals surface area contributed by atoms with Crippen molar-refractivity contribution in [2.75, 3.05) is 0 Å². The summed E-state index contributed by atoms with van der Waals surface area (Å²) in [5, 5.41) is 23.3. The predicted molar refractivity (Wildman–Crippen MR) is 200 cm³/mol. The molecule has 0 unspecified atom stereocenters. The normalized spacial score (nSPS) is 10.7. The third kappa shape index (κ3) is 12.0. The van der Waals surface area contributed by atoms with Crippen LogP contribution in [0.15, 0.2) is 175 Å². The summed E-state index contributed by atoms with van der Waals surface area (Å²) >= 11 is 3.24. The quantitative estimate of drug-likeness (QED) is 0.0784. The molecular formula is C42H32CuN2O4S2. The zero-order valence-electron chi connectivity index (χ0n) is 27.7. The van der Waals surface area contributed by atoms with E-state index in [0.717, 1.165) is 31.0 Å². The summed E-state index contributed by atoms with van der Waals surface area (Å²) in [5.74, 6) is 0.0664. The van der Waals surface area contributed by atoms with Crippen LogP contribution in [0, 0.1) is 0 Å². The fraction of sp³-hybridized carbons (Fsp3) is 0.0476. The van der Waals surface area contributed by atoms with Crippen molar-refractivity contribution in [3.63, 3.8) is 0 Å². The van der Waals surface area contributed by atoms with Crippen molar-refractivity contribution in [3.8, 4) is 11.5 Å². The van der Waals surface area contributed by atoms with Crippen LogP contribution < -0.4 is 10.2 Å². The Morgan fingerprint density at radius 3 is 1.06 bits per heavy atom. The molecule has 0 aromatic heterocycles. The first-order chi connectivity index (χ1) is 24.2. The maximum Gasteiger partial charge on any atom is 2.00 e. The van der Waals surface area contributed by atoms with Gasteiger partial charge < -0.3 is 10.2 Å². The molecule has 257 valence electrons. The number of benzene rings is 6. The standard InChI is InChI=1S/2C21H17NO2S.Cu/c2*1-15(23)16-6-10-19(11-7-16)25-20-12-8-18(9-13-20)22-14-17-4-2-3-5-21(17)24;/h2*2-14,24H,1H3;/q;;+2/p-2. The maximum atomic E-state index is 11.6. The summed E-state index contributed by atoms with van der Waals surface area (Å²) in [6.07, 6.45) is 3.18. The van der Waals surface area contributed by atoms with Gasteiger partial charge in [0.1, 0.15) is 0 Å². The van der Waals surface area contributed by atoms with E-state index in [-0.39, 0.29) is 40.1 Å². The molecule has 0 aliphatic heterocycles. The second-order valence-electron chi connectivity index (χ2n) is 10.9. The molecular weight excluding hydrogens is 724 g/mol. The number of para-hydroxylation sites is 2. The molecule has 0 aliphatic rings. The van der Waals surface area contributed by atoms with Crippen LogP contribution in [0.2, 0.25) is 0 Å². The molecule has 0 spiro atoms. The molecule has 6 nitrogen and oxygen atoms in total. The van der Waals surface area contributed by atoms with Crippen LogP contribution in [0.4, 0.5) is 11.4 Å². The van der Waals surface area contributed by atoms with Crippen LogP contribution in [-0.4, -0.2) is 24.0 Å². The zero-order valence-corrected chi connectivity index (χ0v) is 30.2. The summed E-state index contributed by atoms with van der Waals surface area (Å²) in [7, 11) is 0. The summed E-state index contributed by atoms with van der Waals surface area (Å²) in [6, 6.07) is 44.3. The molecule has 0 bridgehead atoms. The van der Waals surface area contributed by atoms with E-state index in [2.05, 4.69) is 9.98 Å². The SMILES string of the molecule is CC(=O)c1ccc(Sc2ccc(N=Cc3ccccc3[O-])cc2)cc1.CC(=O)c1ccc(Sc2ccc(N=Cc3ccccc3[O-])cc2)cc1.[Cu+2]. The van der Waals surface area contributed by atoms with E-state index in [1.807, 2.05) is 109 Å². The van der Waals surface area contributed by atoms with Gasteiger partial charge >= 0.3 is 17.1 Å². The van der Waals surface area contributed by atoms with Gasteiger partial charge in [-0.2, -0.15) is 0 Å². The number of aliphatic imine (C=N–C) groups is 2. The number of ketones is 2. The Hall–Kier alpha value is -5.18. The molecule has 0 aliphatic carbocycles. The number of hydrogen-bond donors (Lipinski definition) is 0. The van der Waals surface area contributed by atoms with Crippen LogP contribution in [-0.2, 0) is 17.1 Å². The minimum Gasteiger partial charge on any atom is -0.872 e. The number of nitrogens with zero attached hydrogens (tertiary/aromatic N) is 2. The van der Waals surface area contributed by atoms with Crippen molar-refractivity contribution in [2.45, 2.75) is 33.4 Å². The van der Waals surface area contributed by atoms with Gasteiger partial charge in [0.05, 0.1) is 11.4 Å². The van der Waals surface area contributed by atoms with E-state index in [1.165, 1.54) is 12.1 Å². The fourth-order valence-corrected chi connectivity index (χ4v) is 6.08. The first-order valence-electron chi connectivity index (χ1n) is 15.6. The molecule has 0 N–H and O–H groups in total. The molecule has 9 heteroatoms. The largest absolute Gasteiger partial charge is 2.00 e. The second kappa shape index (κ2) is 19.3. The minimum atomic E-state index is -0.0348. The van der Waals surface area contributed by atoms with Crippen molar-refractivity contribution < 1.29 is 36.9 Å². The Bertz CT molecular complexity index is 1960. The average molecular weight is 756 g/mol. The zero-order chi connectivity index (χ0) is 35.3. The summed E-state index contributed by atoms with van der Waals surface area (Å²) in [5.41, 5.74) is 4.16. The first-order valence-corrected chi connectivity index (χ1v) is 17.2. The Morgan fingerprint density at radius 1 is 0.471 bits per heavy atom. The minimum absolute atomic E-state index is 0. The van der Waals surface area contributed by atoms with Crippen LogP contribution in [0.1, 0.15) is 45.7 Å². The Labute approximate surface area is 316 Å². The number of carbonyl (C=O) groups excluding carboxylic acids is 2. The van der Waals surface area contributed by atoms with E-state index < -0.39 is 0 Å². The van der Waals surface area contributed by atoms with Gasteiger partial charge in [0.15, 0.2) is 11.6 Å². The van der Waals surface area contributed by atoms with Crippen molar-refractivity contribution in [1.82, 2.24) is 0 Å². The summed E-state index contributed by atoms with van der Waals surface area (Å²) < 4.78 is 0. The van der Waals surface area contributed by atoms with Gasteiger partial charge in [0.25, 0.3) is 0 Å². The van der Waals surface area contributed by atoms with Crippen molar-refractivity contribution in [2.24, 2.45) is 9.98 Å². The van der Waals surface area contributed by atoms with Gasteiger partial charge in [-0.3, -0.25) is 19.6 Å². The van der Waals surface area contributed by atoms with Gasteiger partial charge in [0.2, 0.25) is 0 Å². The first kappa shape index (κ1) is 38.6. The van der Waals surface area contributed by atoms with Gasteiger partial charge in [-0.15, -0.1) is 11.5 Å². The van der Waals surface area contributed by atoms with E-state index >= 15 is 0 Å². The van der Waals surface area contributed by atoms with Gasteiger partial charge in [-0.1, -0.05) is 96.3 Å². The van der Waals surface area contributed by atoms with E-state index in [9.17, 15) is 19.8 Å². The Kier molecular flexibility index (Phi) is 14.6. The van der Waals surface area contributed by atoms with Crippen molar-refractivity contribution in [1.29, 1.82) is 0 Å². The molecule has 6 aromatic carbocycles. The number of hydrogen-bond acceptors (Lipinski definition) is 8. The third-order valence-corrected chi connectivity index (χ3v) is 9.24. The van der Waals surface area contributed by atoms with Crippen LogP contribution in [0.25, 0.3) is 0 Å². The van der Waals surface area contributed by atoms with E-state index in [1.54, 1.807) is 74.1 Å². The molecule has 0 heterocycles. The fourth-order valence-electron chi connectivity index (χ4n) is 4.45. The molecule has 0 atom stereocenters. The smallest absolute Gasteiger partial charge is 0.872 e. The summed E-state index contributed by atoms with van der Waals surface area (Å²) in [4.78, 5) is 35.6. The van der Waals surface area contributed by atoms with E-state index in [4.69, 9.17) is 0 Å². The molecule has 1 radical (unpaired) electrons. The summed E-state index contributed by atoms with van der Waals surface area (Å²) in [6.45, 7) is 3.12. The van der Waals surface area contributed by atoms with Crippen LogP contribution in [0.5, 0.6) is 11.5 Å². The van der Waals surface area contributed by atoms with Crippen molar-refractivity contribution in [3.05, 3.63) is 168 Å². The van der Waals surface area contributed by atoms with Gasteiger partial charge in [0, 0.05) is 43.1 Å². The topological polar surface area (TPSA) is 105 Å². The monoisotopic (exact) mass is 755 g/mol. The number of rotatable bonds is 10. The Balaban J connectivity index is 0.000000224. The number of carbonyl (C=O) groups is 2. The number of Topliss-reactive ketones (excluding diaryl/α,β-unsaturated/α-hetero) is 2. The molecule has 0 amide bonds. The second-order valence-corrected chi connectivity index (χ2v) is 13.2. The molecule has 0 fully saturated rings. The predicted octanol–water partition coefficient (Wildman–Crippen LogP) is 9.73. The maximum absolute atomic E-state index is 11.6. The third-order valence-electron chi connectivity index (χ3n) is 7.21. The molecule has 6 aromatic rings. The molecule has 51 heavy (non-hydrogen) atoms. The molecule has 6 rings (SSSR count). The van der Waals surface area contributed by atoms with Crippen molar-refractivity contribution >= 4 is 58.9 Å². The Morgan fingerprint density at radius 2 is 0.765 bits per heavy atom. The average Bonchev–Trinajstić information content (AvgIpc) is 3.13. The van der Waals surface area contributed by atoms with Crippen LogP contribution >= 0.6 is 23.5 Å². The molecule has 0 saturated heterocycles. The van der Waals surface area contributed by atoms with Gasteiger partial charge in [-0.25, -0.2) is 0 Å². The van der Waals surface area contributed by atoms with E-state index in [0.29, 0.717) is 22.3 Å².